The second-order valence-corrected chi connectivity index (χ2v) is 6.04. The van der Waals surface area contributed by atoms with Crippen LogP contribution < -0.4 is 14.8 Å². The Morgan fingerprint density at radius 3 is 2.14 bits per heavy atom. The summed E-state index contributed by atoms with van der Waals surface area (Å²) in [7, 11) is 0. The molecule has 4 heteroatoms. The highest BCUT2D eigenvalue weighted by Crippen LogP contribution is 2.40. The predicted molar refractivity (Wildman–Crippen MR) is 90.0 cm³/mol. The van der Waals surface area contributed by atoms with E-state index in [0.29, 0.717) is 13.2 Å². The molecule has 0 aromatic heterocycles. The Kier molecular flexibility index (Phi) is 7.33. The Bertz CT molecular complexity index is 447. The van der Waals surface area contributed by atoms with Gasteiger partial charge in [-0.15, -0.1) is 0 Å². The van der Waals surface area contributed by atoms with Crippen molar-refractivity contribution < 1.29 is 9.47 Å². The molecule has 0 aliphatic rings. The second kappa shape index (κ2) is 8.50. The summed E-state index contributed by atoms with van der Waals surface area (Å²) in [5.74, 6) is 1.49. The maximum atomic E-state index is 6.48. The van der Waals surface area contributed by atoms with Crippen LogP contribution in [0, 0.1) is 0 Å². The Balaban J connectivity index is 3.08. The summed E-state index contributed by atoms with van der Waals surface area (Å²) in [5.41, 5.74) is 1.09. The number of nitrogens with one attached hydrogen (secondary N) is 1. The van der Waals surface area contributed by atoms with Gasteiger partial charge in [-0.3, -0.25) is 0 Å². The summed E-state index contributed by atoms with van der Waals surface area (Å²) in [4.78, 5) is 0. The highest BCUT2D eigenvalue weighted by Gasteiger charge is 2.25. The van der Waals surface area contributed by atoms with Crippen LogP contribution in [0.1, 0.15) is 46.6 Å². The molecule has 0 saturated carbocycles. The normalized spacial score (nSPS) is 11.5. The van der Waals surface area contributed by atoms with Crippen molar-refractivity contribution in [3.05, 3.63) is 22.7 Å². The van der Waals surface area contributed by atoms with E-state index in [1.807, 2.05) is 26.0 Å². The van der Waals surface area contributed by atoms with E-state index < -0.39 is 0 Å². The van der Waals surface area contributed by atoms with Crippen LogP contribution in [0.25, 0.3) is 0 Å². The summed E-state index contributed by atoms with van der Waals surface area (Å²) in [5, 5.41) is 4.11. The first kappa shape index (κ1) is 18.1. The van der Waals surface area contributed by atoms with Crippen molar-refractivity contribution in [3.63, 3.8) is 0 Å². The third kappa shape index (κ3) is 5.08. The van der Waals surface area contributed by atoms with Crippen molar-refractivity contribution in [1.82, 2.24) is 5.32 Å². The molecule has 0 fully saturated rings. The Morgan fingerprint density at radius 1 is 1.05 bits per heavy atom. The summed E-state index contributed by atoms with van der Waals surface area (Å²) >= 11 is 6.48. The summed E-state index contributed by atoms with van der Waals surface area (Å²) in [6.07, 6.45) is 1.01. The van der Waals surface area contributed by atoms with E-state index in [0.717, 1.165) is 41.6 Å². The van der Waals surface area contributed by atoms with E-state index in [-0.39, 0.29) is 5.41 Å². The van der Waals surface area contributed by atoms with Crippen molar-refractivity contribution in [3.8, 4) is 11.5 Å². The first-order chi connectivity index (χ1) is 9.96. The minimum Gasteiger partial charge on any atom is -0.490 e. The van der Waals surface area contributed by atoms with Crippen molar-refractivity contribution in [2.75, 3.05) is 26.3 Å². The molecule has 0 aliphatic carbocycles. The van der Waals surface area contributed by atoms with Crippen LogP contribution in [0.3, 0.4) is 0 Å². The number of rotatable bonds is 9. The van der Waals surface area contributed by atoms with Gasteiger partial charge in [-0.25, -0.2) is 0 Å². The molecule has 0 spiro atoms. The molecule has 1 aromatic rings. The van der Waals surface area contributed by atoms with E-state index in [9.17, 15) is 0 Å². The van der Waals surface area contributed by atoms with Gasteiger partial charge in [-0.05, 0) is 50.4 Å². The third-order valence-electron chi connectivity index (χ3n) is 3.54. The lowest BCUT2D eigenvalue weighted by atomic mass is 9.81. The number of hydrogen-bond donors (Lipinski definition) is 1. The Hall–Kier alpha value is -0.930. The zero-order valence-corrected chi connectivity index (χ0v) is 14.6. The van der Waals surface area contributed by atoms with Crippen LogP contribution in [0.15, 0.2) is 12.1 Å². The van der Waals surface area contributed by atoms with Crippen molar-refractivity contribution in [1.29, 1.82) is 0 Å². The second-order valence-electron chi connectivity index (χ2n) is 5.63. The van der Waals surface area contributed by atoms with Gasteiger partial charge in [-0.1, -0.05) is 32.4 Å². The zero-order chi connectivity index (χ0) is 15.9. The highest BCUT2D eigenvalue weighted by molar-refractivity contribution is 6.31. The quantitative estimate of drug-likeness (QED) is 0.685. The van der Waals surface area contributed by atoms with E-state index in [1.165, 1.54) is 0 Å². The summed E-state index contributed by atoms with van der Waals surface area (Å²) in [6, 6.07) is 3.91. The smallest absolute Gasteiger partial charge is 0.162 e. The Labute approximate surface area is 134 Å². The number of benzene rings is 1. The average Bonchev–Trinajstić information content (AvgIpc) is 2.42. The van der Waals surface area contributed by atoms with Crippen molar-refractivity contribution in [2.24, 2.45) is 0 Å². The maximum Gasteiger partial charge on any atom is 0.162 e. The van der Waals surface area contributed by atoms with Gasteiger partial charge in [-0.2, -0.15) is 0 Å². The van der Waals surface area contributed by atoms with Crippen LogP contribution in [0.4, 0.5) is 0 Å². The lowest BCUT2D eigenvalue weighted by Crippen LogP contribution is -2.25. The summed E-state index contributed by atoms with van der Waals surface area (Å²) < 4.78 is 11.3. The predicted octanol–water partition coefficient (Wildman–Crippen LogP) is 4.41. The lowest BCUT2D eigenvalue weighted by molar-refractivity contribution is 0.286. The van der Waals surface area contributed by atoms with Crippen molar-refractivity contribution in [2.45, 2.75) is 46.5 Å². The van der Waals surface area contributed by atoms with Crippen LogP contribution >= 0.6 is 11.6 Å². The topological polar surface area (TPSA) is 30.5 Å². The molecular formula is C17H28ClNO2. The standard InChI is InChI=1S/C17H28ClNO2/c1-6-19-10-9-17(4,5)13-11-15(20-7-2)16(21-8-3)12-14(13)18/h11-12,19H,6-10H2,1-5H3. The molecule has 1 rings (SSSR count). The van der Waals surface area contributed by atoms with E-state index in [4.69, 9.17) is 21.1 Å². The third-order valence-corrected chi connectivity index (χ3v) is 3.85. The van der Waals surface area contributed by atoms with Crippen LogP contribution in [0.2, 0.25) is 5.02 Å². The molecule has 0 amide bonds. The SMILES string of the molecule is CCNCCC(C)(C)c1cc(OCC)c(OCC)cc1Cl. The monoisotopic (exact) mass is 313 g/mol. The molecule has 0 unspecified atom stereocenters. The maximum absolute atomic E-state index is 6.48. The first-order valence-electron chi connectivity index (χ1n) is 7.76. The Morgan fingerprint density at radius 2 is 1.62 bits per heavy atom. The molecule has 0 heterocycles. The number of ether oxygens (including phenoxy) is 2. The van der Waals surface area contributed by atoms with Gasteiger partial charge in [0.25, 0.3) is 0 Å². The van der Waals surface area contributed by atoms with Gasteiger partial charge in [0, 0.05) is 11.1 Å². The average molecular weight is 314 g/mol. The molecule has 0 aliphatic heterocycles. The largest absolute Gasteiger partial charge is 0.490 e. The molecule has 1 aromatic carbocycles. The minimum absolute atomic E-state index is 0.0180. The highest BCUT2D eigenvalue weighted by atomic mass is 35.5. The number of halogens is 1. The van der Waals surface area contributed by atoms with Crippen molar-refractivity contribution >= 4 is 11.6 Å². The number of hydrogen-bond acceptors (Lipinski definition) is 3. The minimum atomic E-state index is -0.0180. The fourth-order valence-electron chi connectivity index (χ4n) is 2.30. The van der Waals surface area contributed by atoms with E-state index in [2.05, 4.69) is 26.1 Å². The van der Waals surface area contributed by atoms with E-state index in [1.54, 1.807) is 0 Å². The van der Waals surface area contributed by atoms with Crippen LogP contribution in [-0.4, -0.2) is 26.3 Å². The van der Waals surface area contributed by atoms with Gasteiger partial charge in [0.15, 0.2) is 11.5 Å². The van der Waals surface area contributed by atoms with E-state index >= 15 is 0 Å². The van der Waals surface area contributed by atoms with Crippen LogP contribution in [0.5, 0.6) is 11.5 Å². The molecule has 1 N–H and O–H groups in total. The molecule has 0 bridgehead atoms. The first-order valence-corrected chi connectivity index (χ1v) is 8.14. The van der Waals surface area contributed by atoms with Gasteiger partial charge in [0.2, 0.25) is 0 Å². The zero-order valence-electron chi connectivity index (χ0n) is 13.9. The van der Waals surface area contributed by atoms with Gasteiger partial charge in [0.1, 0.15) is 0 Å². The van der Waals surface area contributed by atoms with Gasteiger partial charge in [0.05, 0.1) is 13.2 Å². The molecule has 21 heavy (non-hydrogen) atoms. The van der Waals surface area contributed by atoms with Gasteiger partial charge < -0.3 is 14.8 Å². The molecule has 120 valence electrons. The lowest BCUT2D eigenvalue weighted by Gasteiger charge is -2.27. The molecule has 3 nitrogen and oxygen atoms in total. The fraction of sp³-hybridized carbons (Fsp3) is 0.647. The molecule has 0 radical (unpaired) electrons. The van der Waals surface area contributed by atoms with Crippen LogP contribution in [-0.2, 0) is 5.41 Å². The molecular weight excluding hydrogens is 286 g/mol. The van der Waals surface area contributed by atoms with Gasteiger partial charge >= 0.3 is 0 Å². The molecule has 0 saturated heterocycles. The summed E-state index contributed by atoms with van der Waals surface area (Å²) in [6.45, 7) is 13.6. The fourth-order valence-corrected chi connectivity index (χ4v) is 2.71. The molecule has 0 atom stereocenters.